The zero-order valence-corrected chi connectivity index (χ0v) is 13.6. The molecule has 0 saturated heterocycles. The quantitative estimate of drug-likeness (QED) is 0.526. The highest BCUT2D eigenvalue weighted by molar-refractivity contribution is 7.21. The number of esters is 1. The van der Waals surface area contributed by atoms with Crippen LogP contribution in [0.2, 0.25) is 0 Å². The maximum absolute atomic E-state index is 12.0. The molecule has 3 nitrogen and oxygen atoms in total. The van der Waals surface area contributed by atoms with E-state index in [1.165, 1.54) is 18.4 Å². The molecule has 0 amide bonds. The van der Waals surface area contributed by atoms with Crippen LogP contribution in [0.5, 0.6) is 5.75 Å². The predicted molar refractivity (Wildman–Crippen MR) is 92.1 cm³/mol. The van der Waals surface area contributed by atoms with Crippen molar-refractivity contribution in [2.75, 3.05) is 14.2 Å². The van der Waals surface area contributed by atoms with Gasteiger partial charge in [0.25, 0.3) is 0 Å². The van der Waals surface area contributed by atoms with Gasteiger partial charge in [-0.1, -0.05) is 30.0 Å². The van der Waals surface area contributed by atoms with Gasteiger partial charge in [0, 0.05) is 15.6 Å². The number of rotatable bonds is 2. The summed E-state index contributed by atoms with van der Waals surface area (Å²) in [7, 11) is 3.01. The summed E-state index contributed by atoms with van der Waals surface area (Å²) >= 11 is 1.40. The van der Waals surface area contributed by atoms with Crippen LogP contribution < -0.4 is 4.74 Å². The lowest BCUT2D eigenvalue weighted by atomic mass is 10.1. The SMILES string of the molecule is COC(=O)c1sc2ccccc2c1C#Cc1ccc(OC)cc1. The number of fused-ring (bicyclic) bond motifs is 1. The van der Waals surface area contributed by atoms with Gasteiger partial charge in [0.2, 0.25) is 0 Å². The van der Waals surface area contributed by atoms with E-state index in [0.29, 0.717) is 10.4 Å². The number of methoxy groups -OCH3 is 2. The largest absolute Gasteiger partial charge is 0.497 e. The first-order valence-electron chi connectivity index (χ1n) is 6.99. The Kier molecular flexibility index (Phi) is 4.31. The maximum atomic E-state index is 12.0. The molecular weight excluding hydrogens is 308 g/mol. The van der Waals surface area contributed by atoms with E-state index in [1.54, 1.807) is 7.11 Å². The molecule has 0 fully saturated rings. The van der Waals surface area contributed by atoms with Crippen molar-refractivity contribution in [3.63, 3.8) is 0 Å². The molecule has 3 rings (SSSR count). The molecule has 0 radical (unpaired) electrons. The second kappa shape index (κ2) is 6.55. The molecule has 0 saturated carbocycles. The van der Waals surface area contributed by atoms with Crippen LogP contribution in [-0.2, 0) is 4.74 Å². The van der Waals surface area contributed by atoms with Crippen molar-refractivity contribution in [3.8, 4) is 17.6 Å². The molecule has 114 valence electrons. The van der Waals surface area contributed by atoms with Crippen molar-refractivity contribution >= 4 is 27.4 Å². The van der Waals surface area contributed by atoms with Gasteiger partial charge in [-0.2, -0.15) is 0 Å². The molecule has 0 spiro atoms. The van der Waals surface area contributed by atoms with Crippen molar-refractivity contribution in [1.82, 2.24) is 0 Å². The van der Waals surface area contributed by atoms with Gasteiger partial charge in [-0.15, -0.1) is 11.3 Å². The van der Waals surface area contributed by atoms with Crippen molar-refractivity contribution < 1.29 is 14.3 Å². The van der Waals surface area contributed by atoms with E-state index in [1.807, 2.05) is 48.5 Å². The molecule has 3 aromatic rings. The Balaban J connectivity index is 2.08. The summed E-state index contributed by atoms with van der Waals surface area (Å²) in [6.07, 6.45) is 0. The van der Waals surface area contributed by atoms with Gasteiger partial charge in [0.15, 0.2) is 0 Å². The van der Waals surface area contributed by atoms with E-state index in [2.05, 4.69) is 11.8 Å². The first kappa shape index (κ1) is 15.1. The molecule has 0 N–H and O–H groups in total. The van der Waals surface area contributed by atoms with Crippen molar-refractivity contribution in [2.45, 2.75) is 0 Å². The summed E-state index contributed by atoms with van der Waals surface area (Å²) in [4.78, 5) is 12.5. The molecule has 0 aliphatic carbocycles. The van der Waals surface area contributed by atoms with Crippen LogP contribution in [0, 0.1) is 11.8 Å². The molecule has 2 aromatic carbocycles. The first-order valence-corrected chi connectivity index (χ1v) is 7.80. The average molecular weight is 322 g/mol. The van der Waals surface area contributed by atoms with E-state index in [-0.39, 0.29) is 5.97 Å². The Bertz CT molecular complexity index is 911. The van der Waals surface area contributed by atoms with E-state index in [4.69, 9.17) is 9.47 Å². The molecule has 0 aliphatic heterocycles. The molecule has 0 aliphatic rings. The number of carbonyl (C=O) groups is 1. The van der Waals surface area contributed by atoms with Gasteiger partial charge >= 0.3 is 5.97 Å². The number of ether oxygens (including phenoxy) is 2. The lowest BCUT2D eigenvalue weighted by molar-refractivity contribution is 0.0606. The van der Waals surface area contributed by atoms with E-state index < -0.39 is 0 Å². The Hall–Kier alpha value is -2.77. The number of benzene rings is 2. The Morgan fingerprint density at radius 1 is 1.00 bits per heavy atom. The molecule has 0 bridgehead atoms. The lowest BCUT2D eigenvalue weighted by Crippen LogP contribution is -2.00. The van der Waals surface area contributed by atoms with Gasteiger partial charge in [0.05, 0.1) is 19.8 Å². The smallest absolute Gasteiger partial charge is 0.349 e. The molecule has 1 aromatic heterocycles. The minimum absolute atomic E-state index is 0.356. The monoisotopic (exact) mass is 322 g/mol. The van der Waals surface area contributed by atoms with Crippen LogP contribution in [0.15, 0.2) is 48.5 Å². The molecule has 23 heavy (non-hydrogen) atoms. The molecule has 1 heterocycles. The topological polar surface area (TPSA) is 35.5 Å². The minimum atomic E-state index is -0.356. The van der Waals surface area contributed by atoms with Crippen molar-refractivity contribution in [1.29, 1.82) is 0 Å². The fraction of sp³-hybridized carbons (Fsp3) is 0.105. The zero-order valence-electron chi connectivity index (χ0n) is 12.8. The summed E-state index contributed by atoms with van der Waals surface area (Å²) in [5, 5.41) is 0.971. The number of hydrogen-bond acceptors (Lipinski definition) is 4. The van der Waals surface area contributed by atoms with Gasteiger partial charge in [-0.25, -0.2) is 4.79 Å². The zero-order chi connectivity index (χ0) is 16.2. The second-order valence-corrected chi connectivity index (χ2v) is 5.82. The van der Waals surface area contributed by atoms with Crippen LogP contribution in [0.3, 0.4) is 0 Å². The minimum Gasteiger partial charge on any atom is -0.497 e. The summed E-state index contributed by atoms with van der Waals surface area (Å²) < 4.78 is 11.0. The van der Waals surface area contributed by atoms with Crippen LogP contribution in [-0.4, -0.2) is 20.2 Å². The molecule has 4 heteroatoms. The van der Waals surface area contributed by atoms with Crippen LogP contribution in [0.1, 0.15) is 20.8 Å². The molecule has 0 atom stereocenters. The standard InChI is InChI=1S/C19H14O3S/c1-21-14-10-7-13(8-11-14)9-12-16-15-5-3-4-6-17(15)23-18(16)19(20)22-2/h3-8,10-11H,1-2H3. The molecular formula is C19H14O3S. The van der Waals surface area contributed by atoms with E-state index >= 15 is 0 Å². The van der Waals surface area contributed by atoms with Gasteiger partial charge in [-0.3, -0.25) is 0 Å². The Morgan fingerprint density at radius 2 is 1.74 bits per heavy atom. The summed E-state index contributed by atoms with van der Waals surface area (Å²) in [5.41, 5.74) is 1.57. The fourth-order valence-corrected chi connectivity index (χ4v) is 3.29. The maximum Gasteiger partial charge on any atom is 0.349 e. The Morgan fingerprint density at radius 3 is 2.43 bits per heavy atom. The fourth-order valence-electron chi connectivity index (χ4n) is 2.22. The lowest BCUT2D eigenvalue weighted by Gasteiger charge is -1.98. The van der Waals surface area contributed by atoms with Crippen LogP contribution in [0.4, 0.5) is 0 Å². The number of carbonyl (C=O) groups excluding carboxylic acids is 1. The first-order chi connectivity index (χ1) is 11.2. The summed E-state index contributed by atoms with van der Waals surface area (Å²) in [5.74, 6) is 6.66. The highest BCUT2D eigenvalue weighted by Crippen LogP contribution is 2.31. The van der Waals surface area contributed by atoms with Gasteiger partial charge in [-0.05, 0) is 30.3 Å². The highest BCUT2D eigenvalue weighted by atomic mass is 32.1. The normalized spacial score (nSPS) is 10.0. The van der Waals surface area contributed by atoms with E-state index in [9.17, 15) is 4.79 Å². The van der Waals surface area contributed by atoms with Gasteiger partial charge < -0.3 is 9.47 Å². The average Bonchev–Trinajstić information content (AvgIpc) is 2.98. The van der Waals surface area contributed by atoms with Crippen LogP contribution in [0.25, 0.3) is 10.1 Å². The third kappa shape index (κ3) is 3.05. The number of hydrogen-bond donors (Lipinski definition) is 0. The highest BCUT2D eigenvalue weighted by Gasteiger charge is 2.17. The summed E-state index contributed by atoms with van der Waals surface area (Å²) in [6, 6.07) is 15.3. The second-order valence-electron chi connectivity index (χ2n) is 4.77. The number of thiophene rings is 1. The third-order valence-corrected chi connectivity index (χ3v) is 4.54. The van der Waals surface area contributed by atoms with Crippen LogP contribution >= 0.6 is 11.3 Å². The van der Waals surface area contributed by atoms with E-state index in [0.717, 1.165) is 21.4 Å². The predicted octanol–water partition coefficient (Wildman–Crippen LogP) is 4.10. The molecule has 0 unspecified atom stereocenters. The van der Waals surface area contributed by atoms with Crippen molar-refractivity contribution in [3.05, 3.63) is 64.5 Å². The third-order valence-electron chi connectivity index (χ3n) is 3.39. The Labute approximate surface area is 138 Å². The summed E-state index contributed by atoms with van der Waals surface area (Å²) in [6.45, 7) is 0. The van der Waals surface area contributed by atoms with Gasteiger partial charge in [0.1, 0.15) is 10.6 Å². The van der Waals surface area contributed by atoms with Crippen molar-refractivity contribution in [2.24, 2.45) is 0 Å².